The van der Waals surface area contributed by atoms with Crippen molar-refractivity contribution in [1.82, 2.24) is 4.90 Å². The van der Waals surface area contributed by atoms with E-state index in [0.717, 1.165) is 17.8 Å². The highest BCUT2D eigenvalue weighted by Gasteiger charge is 2.22. The molecule has 0 amide bonds. The van der Waals surface area contributed by atoms with Gasteiger partial charge in [-0.2, -0.15) is 0 Å². The van der Waals surface area contributed by atoms with Crippen molar-refractivity contribution >= 4 is 15.9 Å². The Morgan fingerprint density at radius 2 is 2.42 bits per heavy atom. The molecule has 0 aliphatic carbocycles. The lowest BCUT2D eigenvalue weighted by atomic mass is 10.2. The van der Waals surface area contributed by atoms with Gasteiger partial charge in [0.05, 0.1) is 6.10 Å². The van der Waals surface area contributed by atoms with E-state index in [0.29, 0.717) is 6.10 Å². The van der Waals surface area contributed by atoms with E-state index in [4.69, 9.17) is 4.74 Å². The number of alkyl halides is 1. The predicted molar refractivity (Wildman–Crippen MR) is 54.8 cm³/mol. The van der Waals surface area contributed by atoms with Gasteiger partial charge in [-0.05, 0) is 25.8 Å². The lowest BCUT2D eigenvalue weighted by molar-refractivity contribution is 0.0843. The van der Waals surface area contributed by atoms with Gasteiger partial charge in [0.1, 0.15) is 0 Å². The normalized spacial score (nSPS) is 27.8. The van der Waals surface area contributed by atoms with E-state index in [1.54, 1.807) is 7.11 Å². The number of hydrogen-bond donors (Lipinski definition) is 0. The molecule has 1 aliphatic rings. The molecule has 0 radical (unpaired) electrons. The van der Waals surface area contributed by atoms with Gasteiger partial charge in [-0.25, -0.2) is 0 Å². The maximum atomic E-state index is 5.23. The van der Waals surface area contributed by atoms with Gasteiger partial charge in [0, 0.05) is 25.5 Å². The summed E-state index contributed by atoms with van der Waals surface area (Å²) in [5, 5.41) is 1.14. The Kier molecular flexibility index (Phi) is 4.54. The van der Waals surface area contributed by atoms with Crippen molar-refractivity contribution in [2.24, 2.45) is 5.92 Å². The number of ether oxygens (including phenoxy) is 1. The van der Waals surface area contributed by atoms with Crippen LogP contribution in [0.3, 0.4) is 0 Å². The molecular formula is C9H18BrNO. The Morgan fingerprint density at radius 3 is 2.92 bits per heavy atom. The quantitative estimate of drug-likeness (QED) is 0.689. The minimum atomic E-state index is 0.374. The maximum absolute atomic E-state index is 5.23. The summed E-state index contributed by atoms with van der Waals surface area (Å²) in [7, 11) is 1.78. The molecule has 12 heavy (non-hydrogen) atoms. The van der Waals surface area contributed by atoms with Crippen molar-refractivity contribution in [3.05, 3.63) is 0 Å². The Hall–Kier alpha value is 0.400. The van der Waals surface area contributed by atoms with E-state index in [9.17, 15) is 0 Å². The Labute approximate surface area is 83.4 Å². The molecule has 3 heteroatoms. The zero-order valence-electron chi connectivity index (χ0n) is 7.92. The maximum Gasteiger partial charge on any atom is 0.0670 e. The molecule has 1 saturated heterocycles. The predicted octanol–water partition coefficient (Wildman–Crippen LogP) is 1.74. The minimum Gasteiger partial charge on any atom is -0.380 e. The van der Waals surface area contributed by atoms with Crippen molar-refractivity contribution in [1.29, 1.82) is 0 Å². The molecule has 1 aliphatic heterocycles. The third-order valence-corrected chi connectivity index (χ3v) is 3.42. The number of halogens is 1. The van der Waals surface area contributed by atoms with Crippen LogP contribution in [-0.4, -0.2) is 43.1 Å². The van der Waals surface area contributed by atoms with Gasteiger partial charge in [0.15, 0.2) is 0 Å². The molecule has 72 valence electrons. The summed E-state index contributed by atoms with van der Waals surface area (Å²) >= 11 is 3.53. The summed E-state index contributed by atoms with van der Waals surface area (Å²) < 4.78 is 5.23. The first-order chi connectivity index (χ1) is 5.76. The average molecular weight is 236 g/mol. The Morgan fingerprint density at radius 1 is 1.67 bits per heavy atom. The molecule has 1 rings (SSSR count). The van der Waals surface area contributed by atoms with Crippen LogP contribution in [0.25, 0.3) is 0 Å². The molecule has 0 aromatic rings. The average Bonchev–Trinajstić information content (AvgIpc) is 2.52. The first kappa shape index (κ1) is 10.5. The topological polar surface area (TPSA) is 12.5 Å². The first-order valence-electron chi connectivity index (χ1n) is 4.57. The second kappa shape index (κ2) is 5.20. The zero-order valence-corrected chi connectivity index (χ0v) is 9.51. The van der Waals surface area contributed by atoms with Gasteiger partial charge in [-0.1, -0.05) is 15.9 Å². The summed E-state index contributed by atoms with van der Waals surface area (Å²) in [5.74, 6) is 0.856. The summed E-state index contributed by atoms with van der Waals surface area (Å²) in [5.41, 5.74) is 0. The van der Waals surface area contributed by atoms with E-state index < -0.39 is 0 Å². The summed E-state index contributed by atoms with van der Waals surface area (Å²) in [6, 6.07) is 0. The van der Waals surface area contributed by atoms with Crippen LogP contribution in [-0.2, 0) is 4.74 Å². The molecule has 2 atom stereocenters. The van der Waals surface area contributed by atoms with Gasteiger partial charge in [-0.3, -0.25) is 0 Å². The van der Waals surface area contributed by atoms with E-state index in [-0.39, 0.29) is 0 Å². The van der Waals surface area contributed by atoms with Crippen molar-refractivity contribution in [2.45, 2.75) is 19.4 Å². The highest BCUT2D eigenvalue weighted by atomic mass is 79.9. The van der Waals surface area contributed by atoms with Crippen LogP contribution in [0.5, 0.6) is 0 Å². The van der Waals surface area contributed by atoms with Crippen LogP contribution in [0.1, 0.15) is 13.3 Å². The van der Waals surface area contributed by atoms with Crippen molar-refractivity contribution in [2.75, 3.05) is 32.1 Å². The Balaban J connectivity index is 2.18. The smallest absolute Gasteiger partial charge is 0.0670 e. The standard InChI is InChI=1S/C9H18BrNO/c1-8(12-2)6-11-4-3-9(5-10)7-11/h8-9H,3-7H2,1-2H3. The number of rotatable bonds is 4. The van der Waals surface area contributed by atoms with Gasteiger partial charge < -0.3 is 9.64 Å². The van der Waals surface area contributed by atoms with Crippen LogP contribution >= 0.6 is 15.9 Å². The van der Waals surface area contributed by atoms with Gasteiger partial charge in [0.25, 0.3) is 0 Å². The van der Waals surface area contributed by atoms with E-state index in [1.807, 2.05) is 0 Å². The van der Waals surface area contributed by atoms with Gasteiger partial charge in [-0.15, -0.1) is 0 Å². The SMILES string of the molecule is COC(C)CN1CCC(CBr)C1. The lowest BCUT2D eigenvalue weighted by Crippen LogP contribution is -2.30. The number of hydrogen-bond acceptors (Lipinski definition) is 2. The lowest BCUT2D eigenvalue weighted by Gasteiger charge is -2.19. The molecule has 2 unspecified atom stereocenters. The Bertz CT molecular complexity index is 132. The largest absolute Gasteiger partial charge is 0.380 e. The molecule has 0 bridgehead atoms. The van der Waals surface area contributed by atoms with Crippen LogP contribution in [0, 0.1) is 5.92 Å². The molecule has 1 fully saturated rings. The fraction of sp³-hybridized carbons (Fsp3) is 1.00. The first-order valence-corrected chi connectivity index (χ1v) is 5.69. The number of nitrogens with zero attached hydrogens (tertiary/aromatic N) is 1. The third-order valence-electron chi connectivity index (χ3n) is 2.51. The fourth-order valence-electron chi connectivity index (χ4n) is 1.64. The summed E-state index contributed by atoms with van der Waals surface area (Å²) in [6.07, 6.45) is 1.71. The second-order valence-corrected chi connectivity index (χ2v) is 4.26. The molecule has 2 nitrogen and oxygen atoms in total. The zero-order chi connectivity index (χ0) is 8.97. The number of likely N-dealkylation sites (tertiary alicyclic amines) is 1. The van der Waals surface area contributed by atoms with Crippen molar-refractivity contribution in [3.63, 3.8) is 0 Å². The van der Waals surface area contributed by atoms with Crippen LogP contribution in [0.2, 0.25) is 0 Å². The molecule has 0 spiro atoms. The molecule has 0 saturated carbocycles. The van der Waals surface area contributed by atoms with Crippen molar-refractivity contribution < 1.29 is 4.74 Å². The highest BCUT2D eigenvalue weighted by Crippen LogP contribution is 2.18. The van der Waals surface area contributed by atoms with Crippen molar-refractivity contribution in [3.8, 4) is 0 Å². The van der Waals surface area contributed by atoms with Crippen LogP contribution in [0.15, 0.2) is 0 Å². The molecule has 1 heterocycles. The molecule has 0 aromatic heterocycles. The fourth-order valence-corrected chi connectivity index (χ4v) is 2.17. The second-order valence-electron chi connectivity index (χ2n) is 3.61. The molecular weight excluding hydrogens is 218 g/mol. The highest BCUT2D eigenvalue weighted by molar-refractivity contribution is 9.09. The molecule has 0 aromatic carbocycles. The monoisotopic (exact) mass is 235 g/mol. The summed E-state index contributed by atoms with van der Waals surface area (Å²) in [6.45, 7) is 5.68. The molecule has 0 N–H and O–H groups in total. The van der Waals surface area contributed by atoms with E-state index >= 15 is 0 Å². The van der Waals surface area contributed by atoms with Crippen LogP contribution in [0.4, 0.5) is 0 Å². The van der Waals surface area contributed by atoms with E-state index in [2.05, 4.69) is 27.8 Å². The third kappa shape index (κ3) is 3.04. The summed E-state index contributed by atoms with van der Waals surface area (Å²) in [4.78, 5) is 2.49. The van der Waals surface area contributed by atoms with Gasteiger partial charge in [0.2, 0.25) is 0 Å². The minimum absolute atomic E-state index is 0.374. The van der Waals surface area contributed by atoms with Crippen LogP contribution < -0.4 is 0 Å². The number of methoxy groups -OCH3 is 1. The van der Waals surface area contributed by atoms with Gasteiger partial charge >= 0.3 is 0 Å². The van der Waals surface area contributed by atoms with E-state index in [1.165, 1.54) is 19.5 Å².